The first-order chi connectivity index (χ1) is 10.7. The Morgan fingerprint density at radius 2 is 2.09 bits per heavy atom. The first-order valence-electron chi connectivity index (χ1n) is 7.66. The van der Waals surface area contributed by atoms with Gasteiger partial charge in [-0.3, -0.25) is 0 Å². The summed E-state index contributed by atoms with van der Waals surface area (Å²) >= 11 is 11.2. The van der Waals surface area contributed by atoms with Crippen LogP contribution in [0.2, 0.25) is 4.34 Å². The molecule has 2 heterocycles. The van der Waals surface area contributed by atoms with Gasteiger partial charge in [0.2, 0.25) is 0 Å². The van der Waals surface area contributed by atoms with E-state index in [0.717, 1.165) is 44.5 Å². The zero-order chi connectivity index (χ0) is 15.5. The minimum Gasteiger partial charge on any atom is -0.489 e. The third-order valence-electron chi connectivity index (χ3n) is 4.04. The van der Waals surface area contributed by atoms with Gasteiger partial charge in [0.1, 0.15) is 5.75 Å². The molecule has 1 aliphatic rings. The molecule has 0 unspecified atom stereocenters. The van der Waals surface area contributed by atoms with Gasteiger partial charge in [0.15, 0.2) is 0 Å². The summed E-state index contributed by atoms with van der Waals surface area (Å²) in [4.78, 5) is 5.87. The summed E-state index contributed by atoms with van der Waals surface area (Å²) in [6.07, 6.45) is 6.57. The highest BCUT2D eigenvalue weighted by molar-refractivity contribution is 9.08. The summed E-state index contributed by atoms with van der Waals surface area (Å²) in [6, 6.07) is 6.09. The number of rotatable bonds is 4. The van der Waals surface area contributed by atoms with Crippen LogP contribution in [-0.4, -0.2) is 11.1 Å². The van der Waals surface area contributed by atoms with Crippen molar-refractivity contribution in [2.75, 3.05) is 0 Å². The van der Waals surface area contributed by atoms with Crippen molar-refractivity contribution in [2.45, 2.75) is 50.5 Å². The largest absolute Gasteiger partial charge is 0.489 e. The molecule has 1 fully saturated rings. The van der Waals surface area contributed by atoms with Crippen molar-refractivity contribution in [1.29, 1.82) is 0 Å². The molecular weight excluding hydrogens is 382 g/mol. The van der Waals surface area contributed by atoms with Gasteiger partial charge in [-0.2, -0.15) is 0 Å². The molecule has 0 aromatic carbocycles. The summed E-state index contributed by atoms with van der Waals surface area (Å²) in [5, 5.41) is 0.784. The maximum absolute atomic E-state index is 6.14. The van der Waals surface area contributed by atoms with Gasteiger partial charge in [0, 0.05) is 5.33 Å². The molecule has 0 spiro atoms. The molecule has 22 heavy (non-hydrogen) atoms. The highest BCUT2D eigenvalue weighted by atomic mass is 79.9. The van der Waals surface area contributed by atoms with Gasteiger partial charge in [0.25, 0.3) is 0 Å². The molecule has 1 saturated carbocycles. The Kier molecular flexibility index (Phi) is 5.42. The minimum atomic E-state index is 0.356. The molecule has 3 rings (SSSR count). The SMILES string of the molecule is Cc1nc(-c2sc(Cl)cc2CBr)ccc1OC1CCCCC1. The predicted molar refractivity (Wildman–Crippen MR) is 97.4 cm³/mol. The van der Waals surface area contributed by atoms with E-state index in [4.69, 9.17) is 21.3 Å². The molecule has 118 valence electrons. The van der Waals surface area contributed by atoms with Gasteiger partial charge in [-0.15, -0.1) is 11.3 Å². The van der Waals surface area contributed by atoms with Crippen molar-refractivity contribution in [3.05, 3.63) is 33.8 Å². The molecule has 5 heteroatoms. The van der Waals surface area contributed by atoms with Gasteiger partial charge in [-0.05, 0) is 56.4 Å². The van der Waals surface area contributed by atoms with Crippen molar-refractivity contribution < 1.29 is 4.74 Å². The van der Waals surface area contributed by atoms with Crippen LogP contribution >= 0.6 is 38.9 Å². The third kappa shape index (κ3) is 3.66. The predicted octanol–water partition coefficient (Wildman–Crippen LogP) is 6.38. The Hall–Kier alpha value is -0.580. The second kappa shape index (κ2) is 7.33. The molecule has 0 radical (unpaired) electrons. The Bertz CT molecular complexity index is 652. The molecule has 1 aliphatic carbocycles. The van der Waals surface area contributed by atoms with Crippen molar-refractivity contribution in [2.24, 2.45) is 0 Å². The summed E-state index contributed by atoms with van der Waals surface area (Å²) in [5.74, 6) is 0.915. The van der Waals surface area contributed by atoms with Gasteiger partial charge in [-0.1, -0.05) is 34.0 Å². The standard InChI is InChI=1S/C17H19BrClNOS/c1-11-15(21-13-5-3-2-4-6-13)8-7-14(20-11)17-12(10-18)9-16(19)22-17/h7-9,13H,2-6,10H2,1H3. The number of aromatic nitrogens is 1. The topological polar surface area (TPSA) is 22.1 Å². The number of thiophene rings is 1. The summed E-state index contributed by atoms with van der Waals surface area (Å²) in [6.45, 7) is 2.02. The van der Waals surface area contributed by atoms with E-state index in [1.54, 1.807) is 11.3 Å². The van der Waals surface area contributed by atoms with Gasteiger partial charge in [-0.25, -0.2) is 4.98 Å². The van der Waals surface area contributed by atoms with Crippen LogP contribution in [0.1, 0.15) is 43.4 Å². The number of aryl methyl sites for hydroxylation is 1. The third-order valence-corrected chi connectivity index (χ3v) is 5.97. The monoisotopic (exact) mass is 399 g/mol. The van der Waals surface area contributed by atoms with Crippen LogP contribution in [0.5, 0.6) is 5.75 Å². The van der Waals surface area contributed by atoms with Crippen molar-refractivity contribution in [3.63, 3.8) is 0 Å². The maximum atomic E-state index is 6.14. The minimum absolute atomic E-state index is 0.356. The molecule has 0 atom stereocenters. The van der Waals surface area contributed by atoms with Crippen LogP contribution in [0, 0.1) is 6.92 Å². The lowest BCUT2D eigenvalue weighted by molar-refractivity contribution is 0.153. The van der Waals surface area contributed by atoms with Gasteiger partial charge >= 0.3 is 0 Å². The molecule has 2 aromatic heterocycles. The number of alkyl halides is 1. The van der Waals surface area contributed by atoms with Gasteiger partial charge < -0.3 is 4.74 Å². The fourth-order valence-electron chi connectivity index (χ4n) is 2.87. The fourth-order valence-corrected chi connectivity index (χ4v) is 4.74. The summed E-state index contributed by atoms with van der Waals surface area (Å²) in [5.41, 5.74) is 3.11. The number of ether oxygens (including phenoxy) is 1. The van der Waals surface area contributed by atoms with E-state index in [-0.39, 0.29) is 0 Å². The summed E-state index contributed by atoms with van der Waals surface area (Å²) < 4.78 is 6.94. The van der Waals surface area contributed by atoms with Crippen LogP contribution < -0.4 is 4.74 Å². The lowest BCUT2D eigenvalue weighted by atomic mass is 9.98. The first kappa shape index (κ1) is 16.3. The van der Waals surface area contributed by atoms with Crippen molar-refractivity contribution in [3.8, 4) is 16.3 Å². The average Bonchev–Trinajstić information content (AvgIpc) is 2.91. The smallest absolute Gasteiger partial charge is 0.140 e. The highest BCUT2D eigenvalue weighted by Gasteiger charge is 2.17. The quantitative estimate of drug-likeness (QED) is 0.556. The number of nitrogens with zero attached hydrogens (tertiary/aromatic N) is 1. The highest BCUT2D eigenvalue weighted by Crippen LogP contribution is 2.37. The van der Waals surface area contributed by atoms with Gasteiger partial charge in [0.05, 0.1) is 26.7 Å². The van der Waals surface area contributed by atoms with E-state index >= 15 is 0 Å². The van der Waals surface area contributed by atoms with Crippen LogP contribution in [-0.2, 0) is 5.33 Å². The molecule has 2 aromatic rings. The molecule has 0 aliphatic heterocycles. The normalized spacial score (nSPS) is 16.0. The molecule has 0 bridgehead atoms. The van der Waals surface area contributed by atoms with Crippen molar-refractivity contribution >= 4 is 38.9 Å². The Labute approximate surface area is 149 Å². The van der Waals surface area contributed by atoms with E-state index in [1.165, 1.54) is 24.8 Å². The molecule has 0 amide bonds. The molecule has 2 nitrogen and oxygen atoms in total. The number of hydrogen-bond acceptors (Lipinski definition) is 3. The van der Waals surface area contributed by atoms with Crippen LogP contribution in [0.15, 0.2) is 18.2 Å². The van der Waals surface area contributed by atoms with Crippen LogP contribution in [0.25, 0.3) is 10.6 Å². The molecule has 0 N–H and O–H groups in total. The van der Waals surface area contributed by atoms with E-state index in [2.05, 4.69) is 22.0 Å². The Morgan fingerprint density at radius 3 is 2.77 bits per heavy atom. The average molecular weight is 401 g/mol. The number of hydrogen-bond donors (Lipinski definition) is 0. The Morgan fingerprint density at radius 1 is 1.32 bits per heavy atom. The fraction of sp³-hybridized carbons (Fsp3) is 0.471. The number of pyridine rings is 1. The zero-order valence-corrected chi connectivity index (χ0v) is 15.7. The van der Waals surface area contributed by atoms with Crippen LogP contribution in [0.3, 0.4) is 0 Å². The lowest BCUT2D eigenvalue weighted by Gasteiger charge is -2.23. The first-order valence-corrected chi connectivity index (χ1v) is 9.98. The van der Waals surface area contributed by atoms with E-state index < -0.39 is 0 Å². The number of halogens is 2. The lowest BCUT2D eigenvalue weighted by Crippen LogP contribution is -2.20. The van der Waals surface area contributed by atoms with Crippen molar-refractivity contribution in [1.82, 2.24) is 4.98 Å². The zero-order valence-electron chi connectivity index (χ0n) is 12.6. The van der Waals surface area contributed by atoms with E-state index in [9.17, 15) is 0 Å². The molecular formula is C17H19BrClNOS. The second-order valence-corrected chi connectivity index (χ2v) is 7.94. The van der Waals surface area contributed by atoms with E-state index in [0.29, 0.717) is 6.10 Å². The Balaban J connectivity index is 1.82. The molecule has 0 saturated heterocycles. The van der Waals surface area contributed by atoms with E-state index in [1.807, 2.05) is 19.1 Å². The van der Waals surface area contributed by atoms with Crippen LogP contribution in [0.4, 0.5) is 0 Å². The summed E-state index contributed by atoms with van der Waals surface area (Å²) in [7, 11) is 0. The maximum Gasteiger partial charge on any atom is 0.140 e. The second-order valence-electron chi connectivity index (χ2n) is 5.70.